The van der Waals surface area contributed by atoms with E-state index in [1.807, 2.05) is 0 Å². The molecule has 0 spiro atoms. The molecular formula is C8H16ClN. The molecule has 0 aliphatic heterocycles. The molecule has 0 aromatic heterocycles. The molecule has 2 heteroatoms. The zero-order chi connectivity index (χ0) is 7.56. The van der Waals surface area contributed by atoms with Crippen molar-refractivity contribution in [1.29, 1.82) is 0 Å². The first kappa shape index (κ1) is 8.35. The number of halogens is 1. The Labute approximate surface area is 68.4 Å². The molecular weight excluding hydrogens is 146 g/mol. The second-order valence-electron chi connectivity index (χ2n) is 3.36. The summed E-state index contributed by atoms with van der Waals surface area (Å²) < 4.78 is 0. The molecule has 0 heterocycles. The zero-order valence-electron chi connectivity index (χ0n) is 6.81. The Morgan fingerprint density at radius 3 is 2.60 bits per heavy atom. The van der Waals surface area contributed by atoms with E-state index in [4.69, 9.17) is 11.6 Å². The molecule has 0 saturated heterocycles. The van der Waals surface area contributed by atoms with E-state index in [2.05, 4.69) is 19.0 Å². The van der Waals surface area contributed by atoms with Gasteiger partial charge in [-0.3, -0.25) is 0 Å². The van der Waals surface area contributed by atoms with Gasteiger partial charge in [-0.05, 0) is 39.3 Å². The molecule has 10 heavy (non-hydrogen) atoms. The molecule has 0 amide bonds. The number of alkyl halides is 1. The first-order chi connectivity index (χ1) is 4.75. The monoisotopic (exact) mass is 161 g/mol. The van der Waals surface area contributed by atoms with Crippen LogP contribution in [0.1, 0.15) is 19.3 Å². The molecule has 0 radical (unpaired) electrons. The lowest BCUT2D eigenvalue weighted by Gasteiger charge is -2.07. The van der Waals surface area contributed by atoms with E-state index in [0.29, 0.717) is 0 Å². The minimum Gasteiger partial charge on any atom is -0.306 e. The summed E-state index contributed by atoms with van der Waals surface area (Å²) in [5.74, 6) is 1.78. The Morgan fingerprint density at radius 1 is 1.50 bits per heavy atom. The van der Waals surface area contributed by atoms with Crippen LogP contribution in [0, 0.1) is 5.92 Å². The van der Waals surface area contributed by atoms with E-state index < -0.39 is 0 Å². The quantitative estimate of drug-likeness (QED) is 0.570. The van der Waals surface area contributed by atoms with Crippen molar-refractivity contribution in [3.63, 3.8) is 0 Å². The standard InChI is InChI=1S/C8H16ClN/c1-10(2)8-6-7(8)4-3-5-9/h7-8H,3-6H2,1-2H3/t7-,8-/m1/s1. The van der Waals surface area contributed by atoms with Crippen molar-refractivity contribution in [3.05, 3.63) is 0 Å². The van der Waals surface area contributed by atoms with Gasteiger partial charge in [-0.25, -0.2) is 0 Å². The van der Waals surface area contributed by atoms with Crippen molar-refractivity contribution < 1.29 is 0 Å². The number of rotatable bonds is 4. The molecule has 60 valence electrons. The number of nitrogens with zero attached hydrogens (tertiary/aromatic N) is 1. The molecule has 1 fully saturated rings. The molecule has 1 aliphatic carbocycles. The van der Waals surface area contributed by atoms with Crippen LogP contribution in [-0.2, 0) is 0 Å². The van der Waals surface area contributed by atoms with Crippen LogP contribution in [0.25, 0.3) is 0 Å². The van der Waals surface area contributed by atoms with Crippen LogP contribution in [0.3, 0.4) is 0 Å². The van der Waals surface area contributed by atoms with Gasteiger partial charge in [0.15, 0.2) is 0 Å². The van der Waals surface area contributed by atoms with Gasteiger partial charge in [-0.1, -0.05) is 0 Å². The Morgan fingerprint density at radius 2 is 2.20 bits per heavy atom. The van der Waals surface area contributed by atoms with Crippen LogP contribution < -0.4 is 0 Å². The summed E-state index contributed by atoms with van der Waals surface area (Å²) in [6.45, 7) is 0. The third kappa shape index (κ3) is 2.14. The van der Waals surface area contributed by atoms with Crippen molar-refractivity contribution >= 4 is 11.6 Å². The van der Waals surface area contributed by atoms with E-state index in [-0.39, 0.29) is 0 Å². The SMILES string of the molecule is CN(C)[C@@H]1C[C@H]1CCCCl. The molecule has 0 N–H and O–H groups in total. The molecule has 1 nitrogen and oxygen atoms in total. The smallest absolute Gasteiger partial charge is 0.0223 e. The third-order valence-electron chi connectivity index (χ3n) is 2.26. The molecule has 1 rings (SSSR count). The maximum absolute atomic E-state index is 5.59. The van der Waals surface area contributed by atoms with E-state index in [9.17, 15) is 0 Å². The van der Waals surface area contributed by atoms with Gasteiger partial charge in [0, 0.05) is 11.9 Å². The molecule has 1 saturated carbocycles. The number of hydrogen-bond donors (Lipinski definition) is 0. The Hall–Kier alpha value is 0.250. The van der Waals surface area contributed by atoms with Crippen LogP contribution in [0.2, 0.25) is 0 Å². The molecule has 2 atom stereocenters. The Balaban J connectivity index is 2.02. The maximum atomic E-state index is 5.59. The fourth-order valence-electron chi connectivity index (χ4n) is 1.51. The van der Waals surface area contributed by atoms with Crippen molar-refractivity contribution in [2.75, 3.05) is 20.0 Å². The van der Waals surface area contributed by atoms with Crippen molar-refractivity contribution in [2.45, 2.75) is 25.3 Å². The lowest BCUT2D eigenvalue weighted by molar-refractivity contribution is 0.372. The van der Waals surface area contributed by atoms with Crippen LogP contribution >= 0.6 is 11.6 Å². The predicted octanol–water partition coefficient (Wildman–Crippen LogP) is 1.96. The fraction of sp³-hybridized carbons (Fsp3) is 1.00. The average Bonchev–Trinajstić information content (AvgIpc) is 2.62. The van der Waals surface area contributed by atoms with Gasteiger partial charge in [-0.2, -0.15) is 0 Å². The maximum Gasteiger partial charge on any atom is 0.0223 e. The van der Waals surface area contributed by atoms with Crippen LogP contribution in [0.4, 0.5) is 0 Å². The highest BCUT2D eigenvalue weighted by molar-refractivity contribution is 6.17. The summed E-state index contributed by atoms with van der Waals surface area (Å²) in [6, 6.07) is 0.864. The van der Waals surface area contributed by atoms with Crippen molar-refractivity contribution in [3.8, 4) is 0 Å². The Bertz CT molecular complexity index is 103. The van der Waals surface area contributed by atoms with Crippen LogP contribution in [-0.4, -0.2) is 30.9 Å². The summed E-state index contributed by atoms with van der Waals surface area (Å²) in [7, 11) is 4.32. The van der Waals surface area contributed by atoms with E-state index in [1.54, 1.807) is 0 Å². The van der Waals surface area contributed by atoms with Gasteiger partial charge in [-0.15, -0.1) is 11.6 Å². The molecule has 1 aliphatic rings. The second kappa shape index (κ2) is 3.59. The Kier molecular flexibility index (Phi) is 2.99. The number of hydrogen-bond acceptors (Lipinski definition) is 1. The summed E-state index contributed by atoms with van der Waals surface area (Å²) >= 11 is 5.59. The van der Waals surface area contributed by atoms with Crippen LogP contribution in [0.5, 0.6) is 0 Å². The average molecular weight is 162 g/mol. The fourth-order valence-corrected chi connectivity index (χ4v) is 1.67. The van der Waals surface area contributed by atoms with Gasteiger partial charge in [0.1, 0.15) is 0 Å². The van der Waals surface area contributed by atoms with Gasteiger partial charge >= 0.3 is 0 Å². The lowest BCUT2D eigenvalue weighted by atomic mass is 10.2. The first-order valence-electron chi connectivity index (χ1n) is 3.98. The summed E-state index contributed by atoms with van der Waals surface area (Å²) in [4.78, 5) is 2.32. The summed E-state index contributed by atoms with van der Waals surface area (Å²) in [5, 5.41) is 0. The van der Waals surface area contributed by atoms with Crippen LogP contribution in [0.15, 0.2) is 0 Å². The second-order valence-corrected chi connectivity index (χ2v) is 3.74. The molecule has 0 bridgehead atoms. The topological polar surface area (TPSA) is 3.24 Å². The highest BCUT2D eigenvalue weighted by Crippen LogP contribution is 2.37. The molecule has 0 aromatic rings. The van der Waals surface area contributed by atoms with Gasteiger partial charge in [0.05, 0.1) is 0 Å². The van der Waals surface area contributed by atoms with Gasteiger partial charge in [0.25, 0.3) is 0 Å². The first-order valence-corrected chi connectivity index (χ1v) is 4.51. The van der Waals surface area contributed by atoms with Crippen molar-refractivity contribution in [2.24, 2.45) is 5.92 Å². The predicted molar refractivity (Wildman–Crippen MR) is 45.5 cm³/mol. The van der Waals surface area contributed by atoms with Gasteiger partial charge < -0.3 is 4.90 Å². The zero-order valence-corrected chi connectivity index (χ0v) is 7.56. The highest BCUT2D eigenvalue weighted by Gasteiger charge is 2.37. The minimum atomic E-state index is 0.830. The lowest BCUT2D eigenvalue weighted by Crippen LogP contribution is -2.15. The summed E-state index contributed by atoms with van der Waals surface area (Å²) in [5.41, 5.74) is 0. The van der Waals surface area contributed by atoms with E-state index >= 15 is 0 Å². The summed E-state index contributed by atoms with van der Waals surface area (Å²) in [6.07, 6.45) is 3.91. The van der Waals surface area contributed by atoms with Crippen molar-refractivity contribution in [1.82, 2.24) is 4.90 Å². The molecule has 0 aromatic carbocycles. The van der Waals surface area contributed by atoms with Gasteiger partial charge in [0.2, 0.25) is 0 Å². The van der Waals surface area contributed by atoms with E-state index in [1.165, 1.54) is 19.3 Å². The normalized spacial score (nSPS) is 31.2. The highest BCUT2D eigenvalue weighted by atomic mass is 35.5. The largest absolute Gasteiger partial charge is 0.306 e. The third-order valence-corrected chi connectivity index (χ3v) is 2.52. The minimum absolute atomic E-state index is 0.830. The van der Waals surface area contributed by atoms with E-state index in [0.717, 1.165) is 17.8 Å². The molecule has 0 unspecified atom stereocenters.